The molecule has 1 aliphatic carbocycles. The van der Waals surface area contributed by atoms with Crippen molar-refractivity contribution in [2.75, 3.05) is 5.32 Å². The van der Waals surface area contributed by atoms with Gasteiger partial charge in [-0.3, -0.25) is 10.1 Å². The molecule has 9 heteroatoms. The second-order valence-corrected chi connectivity index (χ2v) is 5.46. The summed E-state index contributed by atoms with van der Waals surface area (Å²) in [6, 6.07) is 4.65. The highest BCUT2D eigenvalue weighted by atomic mass is 19.4. The van der Waals surface area contributed by atoms with Crippen LogP contribution in [0.5, 0.6) is 5.75 Å². The summed E-state index contributed by atoms with van der Waals surface area (Å²) in [5, 5.41) is 10.0. The fourth-order valence-electron chi connectivity index (χ4n) is 2.63. The summed E-state index contributed by atoms with van der Waals surface area (Å²) in [5.74, 6) is -0.472. The number of aromatic nitrogens is 2. The summed E-state index contributed by atoms with van der Waals surface area (Å²) < 4.78 is 45.8. The Kier molecular flexibility index (Phi) is 4.41. The zero-order chi connectivity index (χ0) is 17.2. The second kappa shape index (κ2) is 6.50. The van der Waals surface area contributed by atoms with Crippen molar-refractivity contribution >= 4 is 11.9 Å². The minimum atomic E-state index is -4.82. The molecule has 0 unspecified atom stereocenters. The number of amides is 1. The maximum atomic E-state index is 12.2. The lowest BCUT2D eigenvalue weighted by molar-refractivity contribution is -0.274. The number of hydrogen-bond donors (Lipinski definition) is 1. The molecular formula is C15H14F3N3O3. The molecule has 0 atom stereocenters. The Bertz CT molecular complexity index is 724. The molecule has 128 valence electrons. The van der Waals surface area contributed by atoms with E-state index in [1.165, 1.54) is 12.1 Å². The van der Waals surface area contributed by atoms with Crippen LogP contribution in [0.4, 0.5) is 19.2 Å². The molecule has 0 saturated heterocycles. The molecule has 1 amide bonds. The Balaban J connectivity index is 1.67. The van der Waals surface area contributed by atoms with Gasteiger partial charge < -0.3 is 9.15 Å². The molecule has 6 nitrogen and oxygen atoms in total. The van der Waals surface area contributed by atoms with Crippen molar-refractivity contribution in [3.05, 3.63) is 35.7 Å². The van der Waals surface area contributed by atoms with Crippen LogP contribution < -0.4 is 10.1 Å². The lowest BCUT2D eigenvalue weighted by Gasteiger charge is -2.09. The van der Waals surface area contributed by atoms with Gasteiger partial charge >= 0.3 is 12.4 Å². The number of benzene rings is 1. The number of carbonyl (C=O) groups is 1. The maximum absolute atomic E-state index is 12.2. The van der Waals surface area contributed by atoms with Crippen LogP contribution in [0.3, 0.4) is 0 Å². The van der Waals surface area contributed by atoms with Gasteiger partial charge in [0, 0.05) is 11.5 Å². The molecule has 24 heavy (non-hydrogen) atoms. The van der Waals surface area contributed by atoms with Gasteiger partial charge in [0.15, 0.2) is 0 Å². The summed E-state index contributed by atoms with van der Waals surface area (Å²) >= 11 is 0. The molecule has 1 saturated carbocycles. The van der Waals surface area contributed by atoms with Gasteiger partial charge in [-0.1, -0.05) is 24.0 Å². The first kappa shape index (κ1) is 16.3. The largest absolute Gasteiger partial charge is 0.573 e. The average Bonchev–Trinajstić information content (AvgIpc) is 3.16. The fourth-order valence-corrected chi connectivity index (χ4v) is 2.63. The first-order valence-electron chi connectivity index (χ1n) is 7.41. The molecule has 1 N–H and O–H groups in total. The van der Waals surface area contributed by atoms with Crippen LogP contribution in [-0.4, -0.2) is 22.5 Å². The highest BCUT2D eigenvalue weighted by molar-refractivity contribution is 6.03. The quantitative estimate of drug-likeness (QED) is 0.913. The first-order valence-corrected chi connectivity index (χ1v) is 7.41. The van der Waals surface area contributed by atoms with Crippen molar-refractivity contribution in [3.8, 4) is 5.75 Å². The number of alkyl halides is 3. The van der Waals surface area contributed by atoms with E-state index in [0.717, 1.165) is 37.8 Å². The van der Waals surface area contributed by atoms with E-state index in [-0.39, 0.29) is 17.5 Å². The Morgan fingerprint density at radius 2 is 2.00 bits per heavy atom. The van der Waals surface area contributed by atoms with E-state index in [1.807, 2.05) is 0 Å². The van der Waals surface area contributed by atoms with Crippen LogP contribution in [0.1, 0.15) is 47.8 Å². The molecule has 3 rings (SSSR count). The lowest BCUT2D eigenvalue weighted by atomic mass is 10.1. The highest BCUT2D eigenvalue weighted by Gasteiger charge is 2.31. The van der Waals surface area contributed by atoms with E-state index in [9.17, 15) is 18.0 Å². The van der Waals surface area contributed by atoms with E-state index in [4.69, 9.17) is 4.42 Å². The number of halogens is 3. The second-order valence-electron chi connectivity index (χ2n) is 5.46. The van der Waals surface area contributed by atoms with Gasteiger partial charge in [0.1, 0.15) is 5.75 Å². The molecule has 2 aromatic rings. The Labute approximate surface area is 135 Å². The van der Waals surface area contributed by atoms with Gasteiger partial charge in [0.25, 0.3) is 5.91 Å². The van der Waals surface area contributed by atoms with Gasteiger partial charge in [-0.05, 0) is 31.0 Å². The Morgan fingerprint density at radius 1 is 1.25 bits per heavy atom. The molecule has 1 fully saturated rings. The van der Waals surface area contributed by atoms with E-state index < -0.39 is 18.0 Å². The number of hydrogen-bond acceptors (Lipinski definition) is 5. The van der Waals surface area contributed by atoms with Crippen molar-refractivity contribution in [1.82, 2.24) is 10.2 Å². The van der Waals surface area contributed by atoms with E-state index in [2.05, 4.69) is 20.3 Å². The van der Waals surface area contributed by atoms with Crippen molar-refractivity contribution in [1.29, 1.82) is 0 Å². The molecule has 0 aliphatic heterocycles. The minimum Gasteiger partial charge on any atom is -0.408 e. The highest BCUT2D eigenvalue weighted by Crippen LogP contribution is 2.33. The zero-order valence-corrected chi connectivity index (χ0v) is 12.5. The minimum absolute atomic E-state index is 0.0163. The fraction of sp³-hybridized carbons (Fsp3) is 0.400. The van der Waals surface area contributed by atoms with E-state index in [0.29, 0.717) is 5.89 Å². The third-order valence-electron chi connectivity index (χ3n) is 3.70. The standard InChI is InChI=1S/C15H14F3N3O3/c16-15(17,18)24-11-7-3-6-10(8-11)12(22)19-14-21-20-13(23-14)9-4-1-2-5-9/h3,6-9H,1-2,4-5H2,(H,19,21,22). The Hall–Kier alpha value is -2.58. The monoisotopic (exact) mass is 341 g/mol. The summed E-state index contributed by atoms with van der Waals surface area (Å²) in [7, 11) is 0. The van der Waals surface area contributed by atoms with Gasteiger partial charge in [0.2, 0.25) is 5.89 Å². The summed E-state index contributed by atoms with van der Waals surface area (Å²) in [4.78, 5) is 12.1. The molecule has 0 radical (unpaired) electrons. The van der Waals surface area contributed by atoms with Crippen molar-refractivity contribution in [3.63, 3.8) is 0 Å². The molecular weight excluding hydrogens is 327 g/mol. The van der Waals surface area contributed by atoms with Crippen molar-refractivity contribution in [2.24, 2.45) is 0 Å². The zero-order valence-electron chi connectivity index (χ0n) is 12.5. The molecule has 0 bridgehead atoms. The Morgan fingerprint density at radius 3 is 2.71 bits per heavy atom. The van der Waals surface area contributed by atoms with Gasteiger partial charge in [-0.2, -0.15) is 0 Å². The normalized spacial score (nSPS) is 15.5. The van der Waals surface area contributed by atoms with Crippen LogP contribution in [-0.2, 0) is 0 Å². The third-order valence-corrected chi connectivity index (χ3v) is 3.70. The first-order chi connectivity index (χ1) is 11.4. The smallest absolute Gasteiger partial charge is 0.408 e. The summed E-state index contributed by atoms with van der Waals surface area (Å²) in [5.41, 5.74) is -0.0163. The van der Waals surface area contributed by atoms with Crippen molar-refractivity contribution in [2.45, 2.75) is 38.0 Å². The van der Waals surface area contributed by atoms with E-state index in [1.54, 1.807) is 0 Å². The topological polar surface area (TPSA) is 77.3 Å². The number of nitrogens with zero attached hydrogens (tertiary/aromatic N) is 2. The van der Waals surface area contributed by atoms with E-state index >= 15 is 0 Å². The number of ether oxygens (including phenoxy) is 1. The van der Waals surface area contributed by atoms with Gasteiger partial charge in [-0.25, -0.2) is 0 Å². The molecule has 1 aromatic carbocycles. The summed E-state index contributed by atoms with van der Waals surface area (Å²) in [6.45, 7) is 0. The molecule has 1 aromatic heterocycles. The van der Waals surface area contributed by atoms with Crippen LogP contribution in [0, 0.1) is 0 Å². The number of nitrogens with one attached hydrogen (secondary N) is 1. The predicted octanol–water partition coefficient (Wildman–Crippen LogP) is 3.88. The SMILES string of the molecule is O=C(Nc1nnc(C2CCCC2)o1)c1cccc(OC(F)(F)F)c1. The number of carbonyl (C=O) groups excluding carboxylic acids is 1. The molecule has 1 heterocycles. The summed E-state index contributed by atoms with van der Waals surface area (Å²) in [6.07, 6.45) is -0.696. The van der Waals surface area contributed by atoms with Crippen molar-refractivity contribution < 1.29 is 27.1 Å². The number of anilines is 1. The van der Waals surface area contributed by atoms with Gasteiger partial charge in [0.05, 0.1) is 0 Å². The maximum Gasteiger partial charge on any atom is 0.573 e. The average molecular weight is 341 g/mol. The molecule has 1 aliphatic rings. The van der Waals surface area contributed by atoms with Crippen LogP contribution in [0.2, 0.25) is 0 Å². The van der Waals surface area contributed by atoms with Crippen LogP contribution in [0.15, 0.2) is 28.7 Å². The van der Waals surface area contributed by atoms with Crippen LogP contribution >= 0.6 is 0 Å². The van der Waals surface area contributed by atoms with Gasteiger partial charge in [-0.15, -0.1) is 18.3 Å². The predicted molar refractivity (Wildman–Crippen MR) is 76.6 cm³/mol. The lowest BCUT2D eigenvalue weighted by Crippen LogP contribution is -2.18. The van der Waals surface area contributed by atoms with Crippen LogP contribution in [0.25, 0.3) is 0 Å². The number of rotatable bonds is 4. The third kappa shape index (κ3) is 4.03. The molecule has 0 spiro atoms.